The highest BCUT2D eigenvalue weighted by Crippen LogP contribution is 2.41. The number of carbonyl (C=O) groups is 1. The third-order valence-electron chi connectivity index (χ3n) is 5.89. The van der Waals surface area contributed by atoms with E-state index in [1.807, 2.05) is 29.3 Å². The molecule has 1 aromatic carbocycles. The van der Waals surface area contributed by atoms with Crippen molar-refractivity contribution in [3.05, 3.63) is 78.2 Å². The Morgan fingerprint density at radius 1 is 1.11 bits per heavy atom. The van der Waals surface area contributed by atoms with Crippen LogP contribution < -0.4 is 0 Å². The molecule has 0 spiro atoms. The van der Waals surface area contributed by atoms with Gasteiger partial charge in [-0.25, -0.2) is 9.67 Å². The van der Waals surface area contributed by atoms with Crippen molar-refractivity contribution in [1.29, 1.82) is 0 Å². The van der Waals surface area contributed by atoms with Crippen molar-refractivity contribution in [2.75, 3.05) is 19.8 Å². The Kier molecular flexibility index (Phi) is 4.41. The minimum absolute atomic E-state index is 0.0612. The number of rotatable bonds is 3. The number of pyridine rings is 1. The molecule has 6 nitrogen and oxygen atoms in total. The molecule has 3 atom stereocenters. The van der Waals surface area contributed by atoms with Gasteiger partial charge in [-0.05, 0) is 30.2 Å². The van der Waals surface area contributed by atoms with Crippen molar-refractivity contribution in [1.82, 2.24) is 19.7 Å². The number of ether oxygens (including phenoxy) is 1. The molecule has 28 heavy (non-hydrogen) atoms. The van der Waals surface area contributed by atoms with Gasteiger partial charge in [0.05, 0.1) is 6.61 Å². The number of benzene rings is 1. The van der Waals surface area contributed by atoms with Crippen molar-refractivity contribution in [3.63, 3.8) is 0 Å². The van der Waals surface area contributed by atoms with E-state index < -0.39 is 0 Å². The molecule has 3 unspecified atom stereocenters. The normalized spacial score (nSPS) is 24.1. The Bertz CT molecular complexity index is 958. The number of fused-ring (bicyclic) bond motifs is 1. The molecule has 0 radical (unpaired) electrons. The first-order chi connectivity index (χ1) is 13.8. The van der Waals surface area contributed by atoms with E-state index in [0.717, 1.165) is 13.0 Å². The van der Waals surface area contributed by atoms with E-state index >= 15 is 0 Å². The molecular weight excluding hydrogens is 352 g/mol. The second-order valence-electron chi connectivity index (χ2n) is 7.42. The summed E-state index contributed by atoms with van der Waals surface area (Å²) in [5, 5.41) is 4.21. The molecule has 0 bridgehead atoms. The fourth-order valence-electron chi connectivity index (χ4n) is 4.54. The zero-order chi connectivity index (χ0) is 18.9. The Morgan fingerprint density at radius 3 is 2.82 bits per heavy atom. The zero-order valence-corrected chi connectivity index (χ0v) is 15.5. The maximum atomic E-state index is 13.4. The van der Waals surface area contributed by atoms with Crippen LogP contribution in [0.3, 0.4) is 0 Å². The highest BCUT2D eigenvalue weighted by Gasteiger charge is 2.46. The van der Waals surface area contributed by atoms with Crippen LogP contribution in [0.1, 0.15) is 28.3 Å². The maximum Gasteiger partial charge on any atom is 0.254 e. The Balaban J connectivity index is 1.45. The first-order valence-corrected chi connectivity index (χ1v) is 9.71. The molecule has 0 aliphatic carbocycles. The molecule has 2 aliphatic rings. The predicted molar refractivity (Wildman–Crippen MR) is 104 cm³/mol. The lowest BCUT2D eigenvalue weighted by atomic mass is 9.84. The molecule has 2 aromatic heterocycles. The van der Waals surface area contributed by atoms with E-state index in [0.29, 0.717) is 36.4 Å². The quantitative estimate of drug-likeness (QED) is 0.707. The first-order valence-electron chi connectivity index (χ1n) is 9.71. The average molecular weight is 374 g/mol. The summed E-state index contributed by atoms with van der Waals surface area (Å²) in [5.41, 5.74) is 1.93. The molecule has 3 aromatic rings. The topological polar surface area (TPSA) is 60.2 Å². The summed E-state index contributed by atoms with van der Waals surface area (Å²) in [6, 6.07) is 16.2. The molecule has 2 saturated heterocycles. The summed E-state index contributed by atoms with van der Waals surface area (Å²) < 4.78 is 7.45. The van der Waals surface area contributed by atoms with Crippen molar-refractivity contribution >= 4 is 5.91 Å². The summed E-state index contributed by atoms with van der Waals surface area (Å²) in [4.78, 5) is 19.8. The summed E-state index contributed by atoms with van der Waals surface area (Å²) in [6.45, 7) is 2.14. The van der Waals surface area contributed by atoms with Crippen LogP contribution in [-0.2, 0) is 4.74 Å². The zero-order valence-electron chi connectivity index (χ0n) is 15.5. The van der Waals surface area contributed by atoms with Gasteiger partial charge in [0.15, 0.2) is 5.82 Å². The van der Waals surface area contributed by atoms with Gasteiger partial charge in [0.2, 0.25) is 0 Å². The van der Waals surface area contributed by atoms with Crippen LogP contribution in [0.5, 0.6) is 0 Å². The number of nitrogens with zero attached hydrogens (tertiary/aromatic N) is 4. The first kappa shape index (κ1) is 17.1. The highest BCUT2D eigenvalue weighted by molar-refractivity contribution is 5.95. The second kappa shape index (κ2) is 7.20. The van der Waals surface area contributed by atoms with Crippen molar-refractivity contribution in [2.24, 2.45) is 5.92 Å². The predicted octanol–water partition coefficient (Wildman–Crippen LogP) is 2.91. The highest BCUT2D eigenvalue weighted by atomic mass is 16.5. The summed E-state index contributed by atoms with van der Waals surface area (Å²) in [6.07, 6.45) is 6.09. The Labute approximate surface area is 163 Å². The molecule has 1 amide bonds. The lowest BCUT2D eigenvalue weighted by molar-refractivity contribution is 0.0189. The van der Waals surface area contributed by atoms with Gasteiger partial charge < -0.3 is 9.64 Å². The smallest absolute Gasteiger partial charge is 0.254 e. The maximum absolute atomic E-state index is 13.4. The van der Waals surface area contributed by atoms with E-state index in [2.05, 4.69) is 34.3 Å². The fourth-order valence-corrected chi connectivity index (χ4v) is 4.54. The number of hydrogen-bond donors (Lipinski definition) is 0. The summed E-state index contributed by atoms with van der Waals surface area (Å²) in [5.74, 6) is 1.36. The van der Waals surface area contributed by atoms with Gasteiger partial charge in [0.25, 0.3) is 5.91 Å². The third kappa shape index (κ3) is 2.99. The number of hydrogen-bond acceptors (Lipinski definition) is 4. The average Bonchev–Trinajstić information content (AvgIpc) is 3.42. The van der Waals surface area contributed by atoms with Crippen LogP contribution in [0.15, 0.2) is 67.1 Å². The fraction of sp³-hybridized carbons (Fsp3) is 0.318. The van der Waals surface area contributed by atoms with Crippen molar-refractivity contribution < 1.29 is 9.53 Å². The monoisotopic (exact) mass is 374 g/mol. The molecule has 0 saturated carbocycles. The van der Waals surface area contributed by atoms with Gasteiger partial charge in [-0.15, -0.1) is 0 Å². The van der Waals surface area contributed by atoms with Gasteiger partial charge in [-0.2, -0.15) is 5.10 Å². The van der Waals surface area contributed by atoms with Crippen LogP contribution in [0.4, 0.5) is 0 Å². The molecule has 6 heteroatoms. The molecule has 2 fully saturated rings. The van der Waals surface area contributed by atoms with E-state index in [1.165, 1.54) is 5.56 Å². The van der Waals surface area contributed by atoms with Gasteiger partial charge >= 0.3 is 0 Å². The van der Waals surface area contributed by atoms with Gasteiger partial charge in [-0.3, -0.25) is 4.79 Å². The van der Waals surface area contributed by atoms with Crippen LogP contribution in [-0.4, -0.2) is 51.4 Å². The summed E-state index contributed by atoms with van der Waals surface area (Å²) in [7, 11) is 0. The van der Waals surface area contributed by atoms with E-state index in [4.69, 9.17) is 4.74 Å². The van der Waals surface area contributed by atoms with Crippen molar-refractivity contribution in [2.45, 2.75) is 18.4 Å². The van der Waals surface area contributed by atoms with Gasteiger partial charge in [0.1, 0.15) is 0 Å². The molecule has 4 heterocycles. The van der Waals surface area contributed by atoms with E-state index in [-0.39, 0.29) is 11.9 Å². The van der Waals surface area contributed by atoms with Gasteiger partial charge in [0, 0.05) is 55.2 Å². The van der Waals surface area contributed by atoms with Crippen LogP contribution >= 0.6 is 0 Å². The van der Waals surface area contributed by atoms with Crippen LogP contribution in [0.25, 0.3) is 5.82 Å². The number of carbonyl (C=O) groups excluding carboxylic acids is 1. The lowest BCUT2D eigenvalue weighted by Gasteiger charge is -2.32. The van der Waals surface area contributed by atoms with Crippen LogP contribution in [0.2, 0.25) is 0 Å². The molecule has 0 N–H and O–H groups in total. The molecule has 142 valence electrons. The largest absolute Gasteiger partial charge is 0.381 e. The van der Waals surface area contributed by atoms with Gasteiger partial charge in [-0.1, -0.05) is 30.3 Å². The number of likely N-dealkylation sites (tertiary alicyclic amines) is 1. The number of aromatic nitrogens is 3. The second-order valence-corrected chi connectivity index (χ2v) is 7.42. The lowest BCUT2D eigenvalue weighted by Crippen LogP contribution is -2.42. The molecule has 5 rings (SSSR count). The summed E-state index contributed by atoms with van der Waals surface area (Å²) >= 11 is 0. The number of amides is 1. The minimum atomic E-state index is 0.0612. The third-order valence-corrected chi connectivity index (χ3v) is 5.89. The SMILES string of the molecule is O=C(c1ccnc(-n2cccn2)c1)N1CC(c2ccccc2)C2COCCC21. The molecular formula is C22H22N4O2. The van der Waals surface area contributed by atoms with E-state index in [9.17, 15) is 4.79 Å². The van der Waals surface area contributed by atoms with Crippen LogP contribution in [0, 0.1) is 5.92 Å². The molecule has 2 aliphatic heterocycles. The van der Waals surface area contributed by atoms with Crippen molar-refractivity contribution in [3.8, 4) is 5.82 Å². The Morgan fingerprint density at radius 2 is 2.00 bits per heavy atom. The minimum Gasteiger partial charge on any atom is -0.381 e. The standard InChI is InChI=1S/C22H22N4O2/c27-22(17-7-10-23-21(13-17)26-11-4-9-24-26)25-14-18(16-5-2-1-3-6-16)19-15-28-12-8-20(19)25/h1-7,9-11,13,18-20H,8,12,14-15H2. The Hall–Kier alpha value is -2.99. The van der Waals surface area contributed by atoms with E-state index in [1.54, 1.807) is 23.1 Å².